The van der Waals surface area contributed by atoms with Crippen LogP contribution in [0.4, 0.5) is 0 Å². The molecule has 1 rings (SSSR count). The maximum Gasteiger partial charge on any atom is -0.0305 e. The van der Waals surface area contributed by atoms with Crippen LogP contribution in [0.25, 0.3) is 0 Å². The minimum atomic E-state index is 1.15. The predicted octanol–water partition coefficient (Wildman–Crippen LogP) is 5.10. The van der Waals surface area contributed by atoms with Crippen LogP contribution >= 0.6 is 9.24 Å². The molecule has 0 amide bonds. The lowest BCUT2D eigenvalue weighted by atomic mass is 10.1. The van der Waals surface area contributed by atoms with Crippen LogP contribution in [0.3, 0.4) is 0 Å². The minimum absolute atomic E-state index is 1.15. The Morgan fingerprint density at radius 1 is 0.933 bits per heavy atom. The second-order valence-electron chi connectivity index (χ2n) is 2.28. The number of aryl methyl sites for hydroxylation is 2. The maximum absolute atomic E-state index is 2.42. The van der Waals surface area contributed by atoms with Crippen molar-refractivity contribution in [1.29, 1.82) is 0 Å². The lowest BCUT2D eigenvalue weighted by Gasteiger charge is -1.98. The Kier molecular flexibility index (Phi) is 25.8. The highest BCUT2D eigenvalue weighted by Gasteiger charge is 1.89. The summed E-state index contributed by atoms with van der Waals surface area (Å²) in [6.07, 6.45) is 1.15. The van der Waals surface area contributed by atoms with E-state index in [4.69, 9.17) is 0 Å². The van der Waals surface area contributed by atoms with Gasteiger partial charge in [0, 0.05) is 0 Å². The summed E-state index contributed by atoms with van der Waals surface area (Å²) in [4.78, 5) is 0. The van der Waals surface area contributed by atoms with Gasteiger partial charge >= 0.3 is 0 Å². The third-order valence-corrected chi connectivity index (χ3v) is 1.64. The predicted molar refractivity (Wildman–Crippen MR) is 78.9 cm³/mol. The van der Waals surface area contributed by atoms with Gasteiger partial charge in [-0.2, -0.15) is 0 Å². The Morgan fingerprint density at radius 3 is 1.60 bits per heavy atom. The van der Waals surface area contributed by atoms with Crippen molar-refractivity contribution in [2.75, 3.05) is 6.66 Å². The monoisotopic (exact) mass is 228 g/mol. The third-order valence-electron chi connectivity index (χ3n) is 1.64. The van der Waals surface area contributed by atoms with Gasteiger partial charge in [0.2, 0.25) is 0 Å². The molecule has 1 atom stereocenters. The Morgan fingerprint density at radius 2 is 1.33 bits per heavy atom. The van der Waals surface area contributed by atoms with Gasteiger partial charge in [0.05, 0.1) is 0 Å². The normalized spacial score (nSPS) is 6.93. The first-order valence-electron chi connectivity index (χ1n) is 5.97. The van der Waals surface area contributed by atoms with Gasteiger partial charge < -0.3 is 0 Å². The topological polar surface area (TPSA) is 0 Å². The van der Waals surface area contributed by atoms with Gasteiger partial charge in [-0.25, -0.2) is 0 Å². The van der Waals surface area contributed by atoms with Crippen molar-refractivity contribution in [3.05, 3.63) is 35.4 Å². The Bertz CT molecular complexity index is 194. The van der Waals surface area contributed by atoms with Crippen molar-refractivity contribution in [3.63, 3.8) is 0 Å². The van der Waals surface area contributed by atoms with Gasteiger partial charge in [0.25, 0.3) is 0 Å². The largest absolute Gasteiger partial charge is 0.141 e. The molecule has 15 heavy (non-hydrogen) atoms. The molecule has 0 aliphatic carbocycles. The van der Waals surface area contributed by atoms with Gasteiger partial charge in [-0.05, 0) is 24.5 Å². The molecule has 1 heteroatoms. The second kappa shape index (κ2) is 19.3. The lowest BCUT2D eigenvalue weighted by molar-refractivity contribution is 1.11. The molecule has 0 N–H and O–H groups in total. The highest BCUT2D eigenvalue weighted by Crippen LogP contribution is 2.06. The molecule has 0 aromatic heterocycles. The summed E-state index contributed by atoms with van der Waals surface area (Å²) in [6, 6.07) is 8.49. The molecule has 0 fully saturated rings. The van der Waals surface area contributed by atoms with E-state index in [0.29, 0.717) is 0 Å². The van der Waals surface area contributed by atoms with Crippen molar-refractivity contribution in [3.8, 4) is 0 Å². The van der Waals surface area contributed by atoms with Crippen molar-refractivity contribution >= 4 is 9.24 Å². The van der Waals surface area contributed by atoms with E-state index in [9.17, 15) is 0 Å². The number of rotatable bonds is 1. The van der Waals surface area contributed by atoms with Crippen LogP contribution in [0.2, 0.25) is 0 Å². The molecular weight excluding hydrogens is 199 g/mol. The molecule has 0 spiro atoms. The fraction of sp³-hybridized carbons (Fsp3) is 0.571. The Balaban J connectivity index is -0.000000208. The van der Waals surface area contributed by atoms with E-state index in [0.717, 1.165) is 6.42 Å². The molecule has 0 radical (unpaired) electrons. The van der Waals surface area contributed by atoms with Gasteiger partial charge in [-0.3, -0.25) is 0 Å². The van der Waals surface area contributed by atoms with Gasteiger partial charge in [-0.15, -0.1) is 9.24 Å². The second-order valence-corrected chi connectivity index (χ2v) is 2.28. The summed E-state index contributed by atoms with van der Waals surface area (Å²) in [6.45, 7) is 14.3. The van der Waals surface area contributed by atoms with Crippen LogP contribution in [0.1, 0.15) is 45.7 Å². The highest BCUT2D eigenvalue weighted by atomic mass is 31.0. The van der Waals surface area contributed by atoms with E-state index < -0.39 is 0 Å². The quantitative estimate of drug-likeness (QED) is 0.586. The smallest absolute Gasteiger partial charge is 0.0305 e. The van der Waals surface area contributed by atoms with E-state index in [1.165, 1.54) is 11.1 Å². The average molecular weight is 228 g/mol. The fourth-order valence-corrected chi connectivity index (χ4v) is 1.01. The minimum Gasteiger partial charge on any atom is -0.141 e. The molecule has 0 bridgehead atoms. The van der Waals surface area contributed by atoms with E-state index in [2.05, 4.69) is 47.4 Å². The average Bonchev–Trinajstić information content (AvgIpc) is 2.37. The number of hydrogen-bond acceptors (Lipinski definition) is 0. The van der Waals surface area contributed by atoms with Crippen molar-refractivity contribution in [2.24, 2.45) is 0 Å². The molecule has 0 saturated carbocycles. The Labute approximate surface area is 99.7 Å². The zero-order chi connectivity index (χ0) is 12.7. The molecule has 1 aromatic rings. The molecular formula is C14H29P. The van der Waals surface area contributed by atoms with Crippen molar-refractivity contribution < 1.29 is 0 Å². The molecule has 0 nitrogen and oxygen atoms in total. The van der Waals surface area contributed by atoms with Crippen molar-refractivity contribution in [1.82, 2.24) is 0 Å². The first kappa shape index (κ1) is 20.1. The summed E-state index contributed by atoms with van der Waals surface area (Å²) in [5.74, 6) is 0. The zero-order valence-corrected chi connectivity index (χ0v) is 12.7. The zero-order valence-electron chi connectivity index (χ0n) is 11.6. The lowest BCUT2D eigenvalue weighted by Crippen LogP contribution is -1.82. The summed E-state index contributed by atoms with van der Waals surface area (Å²) in [5.41, 5.74) is 2.86. The molecule has 0 aliphatic heterocycles. The summed E-state index contributed by atoms with van der Waals surface area (Å²) in [7, 11) is 2.42. The summed E-state index contributed by atoms with van der Waals surface area (Å²) < 4.78 is 0. The fourth-order valence-electron chi connectivity index (χ4n) is 1.01. The van der Waals surface area contributed by atoms with Crippen LogP contribution in [-0.2, 0) is 6.42 Å². The van der Waals surface area contributed by atoms with Gasteiger partial charge in [0.1, 0.15) is 0 Å². The number of hydrogen-bond donors (Lipinski definition) is 0. The van der Waals surface area contributed by atoms with Crippen LogP contribution in [0.5, 0.6) is 0 Å². The summed E-state index contributed by atoms with van der Waals surface area (Å²) in [5, 5.41) is 0. The van der Waals surface area contributed by atoms with Crippen LogP contribution in [-0.4, -0.2) is 6.66 Å². The van der Waals surface area contributed by atoms with Crippen molar-refractivity contribution in [2.45, 2.75) is 48.0 Å². The standard InChI is InChI=1S/C9H12.2C2H6.CH5P/c1-3-9-7-5-4-6-8(9)2;3*1-2/h4-7H,3H2,1-2H3;2*1-2H3;2H2,1H3. The maximum atomic E-state index is 2.42. The van der Waals surface area contributed by atoms with E-state index in [-0.39, 0.29) is 0 Å². The molecule has 0 aliphatic rings. The van der Waals surface area contributed by atoms with Crippen LogP contribution in [0, 0.1) is 6.92 Å². The first-order valence-corrected chi connectivity index (χ1v) is 7.12. The Hall–Kier alpha value is -0.350. The molecule has 0 heterocycles. The van der Waals surface area contributed by atoms with Gasteiger partial charge in [-0.1, -0.05) is 65.5 Å². The number of benzene rings is 1. The van der Waals surface area contributed by atoms with E-state index >= 15 is 0 Å². The van der Waals surface area contributed by atoms with Crippen LogP contribution < -0.4 is 0 Å². The van der Waals surface area contributed by atoms with Gasteiger partial charge in [0.15, 0.2) is 0 Å². The first-order chi connectivity index (χ1) is 7.34. The van der Waals surface area contributed by atoms with E-state index in [1.54, 1.807) is 0 Å². The molecule has 1 aromatic carbocycles. The van der Waals surface area contributed by atoms with Crippen LogP contribution in [0.15, 0.2) is 24.3 Å². The highest BCUT2D eigenvalue weighted by molar-refractivity contribution is 7.15. The molecule has 0 saturated heterocycles. The molecule has 1 unspecified atom stereocenters. The third kappa shape index (κ3) is 11.6. The SMILES string of the molecule is CC.CC.CCc1ccccc1C.CP. The molecule has 90 valence electrons. The van der Waals surface area contributed by atoms with E-state index in [1.807, 2.05) is 34.4 Å². The summed E-state index contributed by atoms with van der Waals surface area (Å²) >= 11 is 0.